The summed E-state index contributed by atoms with van der Waals surface area (Å²) in [4.78, 5) is 24.7. The second-order valence-electron chi connectivity index (χ2n) is 6.25. The van der Waals surface area contributed by atoms with Crippen molar-refractivity contribution in [2.45, 2.75) is 24.9 Å². The average molecular weight is 470 g/mol. The number of halogens is 8. The quantitative estimate of drug-likeness (QED) is 0.367. The Bertz CT molecular complexity index is 1010. The van der Waals surface area contributed by atoms with Crippen LogP contribution in [0.15, 0.2) is 42.5 Å². The summed E-state index contributed by atoms with van der Waals surface area (Å²) in [5.74, 6) is -6.57. The molecule has 2 N–H and O–H groups in total. The van der Waals surface area contributed by atoms with Gasteiger partial charge in [0.25, 0.3) is 5.91 Å². The van der Waals surface area contributed by atoms with Crippen molar-refractivity contribution in [3.63, 3.8) is 0 Å². The molecule has 2 rings (SSSR count). The molecule has 2 aromatic carbocycles. The molecule has 2 aromatic rings. The van der Waals surface area contributed by atoms with Gasteiger partial charge in [-0.3, -0.25) is 4.79 Å². The average Bonchev–Trinajstić information content (AvgIpc) is 2.68. The molecular formula is C19H14F8N2O3. The Kier molecular flexibility index (Phi) is 7.00. The van der Waals surface area contributed by atoms with Crippen molar-refractivity contribution in [3.05, 3.63) is 65.2 Å². The van der Waals surface area contributed by atoms with E-state index in [0.717, 1.165) is 19.1 Å². The minimum absolute atomic E-state index is 0.212. The van der Waals surface area contributed by atoms with Crippen molar-refractivity contribution in [3.8, 4) is 0 Å². The first-order valence-electron chi connectivity index (χ1n) is 8.68. The van der Waals surface area contributed by atoms with Crippen LogP contribution in [-0.4, -0.2) is 30.3 Å². The number of hydrogen-bond donors (Lipinski definition) is 2. The predicted octanol–water partition coefficient (Wildman–Crippen LogP) is 4.65. The monoisotopic (exact) mass is 470 g/mol. The van der Waals surface area contributed by atoms with Crippen LogP contribution in [0.3, 0.4) is 0 Å². The molecule has 5 nitrogen and oxygen atoms in total. The number of nitrogens with one attached hydrogen (secondary N) is 2. The highest BCUT2D eigenvalue weighted by molar-refractivity contribution is 5.99. The smallest absolute Gasteiger partial charge is 0.441 e. The highest BCUT2D eigenvalue weighted by Crippen LogP contribution is 2.35. The number of benzene rings is 2. The van der Waals surface area contributed by atoms with E-state index in [0.29, 0.717) is 18.2 Å². The minimum Gasteiger partial charge on any atom is -0.463 e. The summed E-state index contributed by atoms with van der Waals surface area (Å²) in [5, 5.41) is 2.73. The van der Waals surface area contributed by atoms with Crippen LogP contribution in [0.5, 0.6) is 0 Å². The van der Waals surface area contributed by atoms with Gasteiger partial charge in [0.2, 0.25) is 0 Å². The van der Waals surface area contributed by atoms with Crippen molar-refractivity contribution in [2.75, 3.05) is 11.9 Å². The maximum atomic E-state index is 14.0. The largest absolute Gasteiger partial charge is 0.463 e. The van der Waals surface area contributed by atoms with Crippen LogP contribution in [-0.2, 0) is 15.7 Å². The molecule has 0 heterocycles. The number of esters is 1. The van der Waals surface area contributed by atoms with Crippen LogP contribution >= 0.6 is 0 Å². The van der Waals surface area contributed by atoms with Crippen molar-refractivity contribution in [2.24, 2.45) is 0 Å². The van der Waals surface area contributed by atoms with Gasteiger partial charge in [-0.2, -0.15) is 26.3 Å². The summed E-state index contributed by atoms with van der Waals surface area (Å²) in [6, 6.07) is 3.70. The Labute approximate surface area is 175 Å². The fourth-order valence-corrected chi connectivity index (χ4v) is 2.50. The summed E-state index contributed by atoms with van der Waals surface area (Å²) < 4.78 is 112. The Balaban J connectivity index is 2.57. The molecule has 1 atom stereocenters. The number of carbonyl (C=O) groups excluding carboxylic acids is 2. The Hall–Kier alpha value is -3.38. The maximum absolute atomic E-state index is 14.0. The third-order valence-electron chi connectivity index (χ3n) is 4.01. The van der Waals surface area contributed by atoms with E-state index in [-0.39, 0.29) is 12.1 Å². The molecule has 0 aromatic heterocycles. The molecule has 174 valence electrons. The molecule has 0 fully saturated rings. The van der Waals surface area contributed by atoms with E-state index in [1.54, 1.807) is 0 Å². The van der Waals surface area contributed by atoms with Gasteiger partial charge in [0.1, 0.15) is 11.6 Å². The SMILES string of the molecule is CCOC(=O)C(NC(=O)c1cccc(C(F)(F)F)c1)(Nc1ccc(F)cc1F)C(F)(F)F. The molecule has 0 spiro atoms. The molecule has 0 saturated heterocycles. The first kappa shape index (κ1) is 24.9. The van der Waals surface area contributed by atoms with Gasteiger partial charge < -0.3 is 15.4 Å². The topological polar surface area (TPSA) is 67.4 Å². The summed E-state index contributed by atoms with van der Waals surface area (Å²) in [6.07, 6.45) is -10.6. The lowest BCUT2D eigenvalue weighted by Crippen LogP contribution is -2.69. The van der Waals surface area contributed by atoms with E-state index in [1.807, 2.05) is 0 Å². The van der Waals surface area contributed by atoms with E-state index < -0.39 is 64.9 Å². The molecular weight excluding hydrogens is 456 g/mol. The van der Waals surface area contributed by atoms with Gasteiger partial charge in [0, 0.05) is 11.6 Å². The Morgan fingerprint density at radius 1 is 0.969 bits per heavy atom. The van der Waals surface area contributed by atoms with Crippen molar-refractivity contribution < 1.29 is 49.4 Å². The third kappa shape index (κ3) is 5.26. The third-order valence-corrected chi connectivity index (χ3v) is 4.01. The van der Waals surface area contributed by atoms with Crippen LogP contribution < -0.4 is 10.6 Å². The van der Waals surface area contributed by atoms with Crippen molar-refractivity contribution in [1.82, 2.24) is 5.32 Å². The van der Waals surface area contributed by atoms with E-state index in [2.05, 4.69) is 4.74 Å². The van der Waals surface area contributed by atoms with Gasteiger partial charge in [-0.15, -0.1) is 0 Å². The first-order valence-corrected chi connectivity index (χ1v) is 8.68. The standard InChI is InChI=1S/C19H14F8N2O3/c1-2-32-16(31)17(19(25,26)27,28-14-7-6-12(20)9-13(14)21)29-15(30)10-4-3-5-11(8-10)18(22,23)24/h3-9,28H,2H2,1H3,(H,29,30). The molecule has 1 unspecified atom stereocenters. The van der Waals surface area contributed by atoms with Gasteiger partial charge in [0.05, 0.1) is 17.9 Å². The normalized spacial score (nSPS) is 13.8. The number of rotatable bonds is 6. The maximum Gasteiger partial charge on any atom is 0.441 e. The molecule has 1 amide bonds. The zero-order valence-electron chi connectivity index (χ0n) is 16.0. The molecule has 0 aliphatic rings. The molecule has 32 heavy (non-hydrogen) atoms. The van der Waals surface area contributed by atoms with Crippen molar-refractivity contribution in [1.29, 1.82) is 0 Å². The van der Waals surface area contributed by atoms with Gasteiger partial charge in [-0.05, 0) is 37.3 Å². The summed E-state index contributed by atoms with van der Waals surface area (Å²) in [7, 11) is 0. The first-order chi connectivity index (χ1) is 14.7. The van der Waals surface area contributed by atoms with Gasteiger partial charge in [-0.1, -0.05) is 6.07 Å². The lowest BCUT2D eigenvalue weighted by molar-refractivity contribution is -0.204. The summed E-state index contributed by atoms with van der Waals surface area (Å²) in [6.45, 7) is 0.551. The predicted molar refractivity (Wildman–Crippen MR) is 94.3 cm³/mol. The number of amides is 1. The van der Waals surface area contributed by atoms with E-state index in [1.165, 1.54) is 10.6 Å². The van der Waals surface area contributed by atoms with Gasteiger partial charge in [-0.25, -0.2) is 13.6 Å². The molecule has 0 saturated carbocycles. The fraction of sp³-hybridized carbons (Fsp3) is 0.263. The summed E-state index contributed by atoms with van der Waals surface area (Å²) >= 11 is 0. The fourth-order valence-electron chi connectivity index (χ4n) is 2.50. The lowest BCUT2D eigenvalue weighted by Gasteiger charge is -2.35. The number of alkyl halides is 6. The van der Waals surface area contributed by atoms with Crippen LogP contribution in [0.2, 0.25) is 0 Å². The summed E-state index contributed by atoms with van der Waals surface area (Å²) in [5.41, 5.74) is -7.37. The zero-order chi connectivity index (χ0) is 24.3. The highest BCUT2D eigenvalue weighted by Gasteiger charge is 2.64. The Morgan fingerprint density at radius 3 is 2.16 bits per heavy atom. The Morgan fingerprint density at radius 2 is 1.62 bits per heavy atom. The number of anilines is 1. The van der Waals surface area contributed by atoms with Crippen LogP contribution in [0.25, 0.3) is 0 Å². The number of hydrogen-bond acceptors (Lipinski definition) is 4. The van der Waals surface area contributed by atoms with Crippen molar-refractivity contribution >= 4 is 17.6 Å². The number of carbonyl (C=O) groups is 2. The van der Waals surface area contributed by atoms with E-state index >= 15 is 0 Å². The molecule has 0 bridgehead atoms. The molecule has 0 radical (unpaired) electrons. The second kappa shape index (κ2) is 9.01. The lowest BCUT2D eigenvalue weighted by atomic mass is 10.1. The van der Waals surface area contributed by atoms with E-state index in [9.17, 15) is 44.7 Å². The molecule has 13 heteroatoms. The van der Waals surface area contributed by atoms with Gasteiger partial charge in [0.15, 0.2) is 0 Å². The molecule has 0 aliphatic heterocycles. The molecule has 0 aliphatic carbocycles. The van der Waals surface area contributed by atoms with Crippen LogP contribution in [0, 0.1) is 11.6 Å². The zero-order valence-corrected chi connectivity index (χ0v) is 16.0. The second-order valence-corrected chi connectivity index (χ2v) is 6.25. The van der Waals surface area contributed by atoms with Crippen LogP contribution in [0.4, 0.5) is 40.8 Å². The minimum atomic E-state index is -5.68. The van der Waals surface area contributed by atoms with Gasteiger partial charge >= 0.3 is 24.0 Å². The van der Waals surface area contributed by atoms with Crippen LogP contribution in [0.1, 0.15) is 22.8 Å². The van der Waals surface area contributed by atoms with E-state index in [4.69, 9.17) is 0 Å². The number of ether oxygens (including phenoxy) is 1. The highest BCUT2D eigenvalue weighted by atomic mass is 19.4.